The highest BCUT2D eigenvalue weighted by Gasteiger charge is 2.24. The summed E-state index contributed by atoms with van der Waals surface area (Å²) in [6.07, 6.45) is 4.11. The number of fused-ring (bicyclic) bond motifs is 1. The maximum absolute atomic E-state index is 12.4. The second-order valence-corrected chi connectivity index (χ2v) is 7.81. The quantitative estimate of drug-likeness (QED) is 0.657. The number of aromatic nitrogens is 3. The van der Waals surface area contributed by atoms with Crippen LogP contribution in [0, 0.1) is 13.8 Å². The lowest BCUT2D eigenvalue weighted by Crippen LogP contribution is -2.24. The van der Waals surface area contributed by atoms with Gasteiger partial charge in [0, 0.05) is 30.3 Å². The van der Waals surface area contributed by atoms with E-state index in [0.29, 0.717) is 6.42 Å². The molecule has 1 saturated heterocycles. The molecule has 30 heavy (non-hydrogen) atoms. The molecular weight excluding hydrogens is 380 g/mol. The fraction of sp³-hybridized carbons (Fsp3) is 0.348. The fourth-order valence-corrected chi connectivity index (χ4v) is 4.44. The van der Waals surface area contributed by atoms with E-state index >= 15 is 0 Å². The number of imidazole rings is 1. The number of aryl methyl sites for hydroxylation is 2. The number of carbonyl (C=O) groups excluding carboxylic acids is 1. The van der Waals surface area contributed by atoms with Gasteiger partial charge in [-0.05, 0) is 69.4 Å². The van der Waals surface area contributed by atoms with Crippen molar-refractivity contribution in [2.75, 3.05) is 7.05 Å². The molecule has 1 aliphatic heterocycles. The molecule has 2 N–H and O–H groups in total. The van der Waals surface area contributed by atoms with Gasteiger partial charge in [-0.1, -0.05) is 11.2 Å². The standard InChI is InChI=1S/C23H26N4O3/c1-6-19-16(8-7-9-20(28)27(19)5)12(2)17-10-15(21-13(3)26-30-14(21)4)11-18-22(17)25-23(29)24-18/h6,10-11H,7-9H2,1-5H3,(H2,24,25,29)/b16-12+,19-6?. The van der Waals surface area contributed by atoms with Crippen molar-refractivity contribution in [1.29, 1.82) is 0 Å². The number of benzene rings is 1. The lowest BCUT2D eigenvalue weighted by atomic mass is 9.92. The molecule has 0 bridgehead atoms. The first-order valence-corrected chi connectivity index (χ1v) is 10.1. The first-order valence-electron chi connectivity index (χ1n) is 10.1. The van der Waals surface area contributed by atoms with E-state index in [1.54, 1.807) is 4.90 Å². The summed E-state index contributed by atoms with van der Waals surface area (Å²) >= 11 is 0. The van der Waals surface area contributed by atoms with Crippen molar-refractivity contribution in [1.82, 2.24) is 20.0 Å². The number of carbonyl (C=O) groups is 1. The number of allylic oxidation sites excluding steroid dienone is 3. The lowest BCUT2D eigenvalue weighted by Gasteiger charge is -2.22. The number of rotatable bonds is 2. The topological polar surface area (TPSA) is 95.0 Å². The molecule has 1 amide bonds. The molecule has 0 radical (unpaired) electrons. The zero-order valence-electron chi connectivity index (χ0n) is 18.0. The van der Waals surface area contributed by atoms with E-state index in [-0.39, 0.29) is 11.6 Å². The van der Waals surface area contributed by atoms with E-state index in [9.17, 15) is 9.59 Å². The van der Waals surface area contributed by atoms with Crippen molar-refractivity contribution in [2.24, 2.45) is 0 Å². The molecule has 1 aliphatic rings. The van der Waals surface area contributed by atoms with Crippen LogP contribution in [-0.2, 0) is 4.79 Å². The number of hydrogen-bond acceptors (Lipinski definition) is 4. The lowest BCUT2D eigenvalue weighted by molar-refractivity contribution is -0.127. The molecule has 0 spiro atoms. The summed E-state index contributed by atoms with van der Waals surface area (Å²) < 4.78 is 5.37. The number of amides is 1. The Morgan fingerprint density at radius 2 is 1.97 bits per heavy atom. The molecule has 1 fully saturated rings. The van der Waals surface area contributed by atoms with Gasteiger partial charge in [-0.3, -0.25) is 4.79 Å². The highest BCUT2D eigenvalue weighted by Crippen LogP contribution is 2.37. The van der Waals surface area contributed by atoms with Gasteiger partial charge in [-0.2, -0.15) is 0 Å². The van der Waals surface area contributed by atoms with Crippen LogP contribution in [0.5, 0.6) is 0 Å². The number of H-pyrrole nitrogens is 2. The molecule has 0 unspecified atom stereocenters. The third-order valence-corrected chi connectivity index (χ3v) is 5.94. The Morgan fingerprint density at radius 1 is 1.20 bits per heavy atom. The molecule has 7 nitrogen and oxygen atoms in total. The SMILES string of the molecule is CC=C1/C(=C(\C)c2cc(-c3c(C)noc3C)cc3[nH]c(=O)[nH]c23)CCCC(=O)N1C. The number of nitrogens with one attached hydrogen (secondary N) is 2. The Morgan fingerprint density at radius 3 is 2.63 bits per heavy atom. The summed E-state index contributed by atoms with van der Waals surface area (Å²) in [4.78, 5) is 32.1. The number of nitrogens with zero attached hydrogens (tertiary/aromatic N) is 2. The average Bonchev–Trinajstić information content (AvgIpc) is 3.21. The van der Waals surface area contributed by atoms with E-state index in [4.69, 9.17) is 4.52 Å². The molecule has 1 aromatic carbocycles. The van der Waals surface area contributed by atoms with E-state index in [1.165, 1.54) is 0 Å². The third-order valence-electron chi connectivity index (χ3n) is 5.94. The van der Waals surface area contributed by atoms with Crippen LogP contribution < -0.4 is 5.69 Å². The minimum Gasteiger partial charge on any atom is -0.361 e. The van der Waals surface area contributed by atoms with Crippen molar-refractivity contribution in [3.05, 3.63) is 57.0 Å². The largest absolute Gasteiger partial charge is 0.361 e. The first-order chi connectivity index (χ1) is 14.3. The number of likely N-dealkylation sites (tertiary alicyclic amines) is 1. The summed E-state index contributed by atoms with van der Waals surface area (Å²) in [5, 5.41) is 4.08. The summed E-state index contributed by atoms with van der Waals surface area (Å²) in [6.45, 7) is 7.80. The Labute approximate surface area is 174 Å². The second kappa shape index (κ2) is 7.48. The van der Waals surface area contributed by atoms with Gasteiger partial charge in [0.25, 0.3) is 0 Å². The van der Waals surface area contributed by atoms with Crippen LogP contribution in [0.25, 0.3) is 27.7 Å². The van der Waals surface area contributed by atoms with E-state index in [0.717, 1.165) is 68.9 Å². The Hall–Kier alpha value is -3.35. The van der Waals surface area contributed by atoms with Gasteiger partial charge in [0.1, 0.15) is 5.76 Å². The van der Waals surface area contributed by atoms with E-state index < -0.39 is 0 Å². The summed E-state index contributed by atoms with van der Waals surface area (Å²) in [5.41, 5.74) is 7.91. The van der Waals surface area contributed by atoms with Crippen molar-refractivity contribution in [3.63, 3.8) is 0 Å². The number of likely N-dealkylation sites (N-methyl/N-ethyl adjacent to an activating group) is 1. The molecule has 3 heterocycles. The highest BCUT2D eigenvalue weighted by atomic mass is 16.5. The molecule has 3 aromatic rings. The Kier molecular flexibility index (Phi) is 4.97. The maximum atomic E-state index is 12.4. The minimum absolute atomic E-state index is 0.121. The van der Waals surface area contributed by atoms with Gasteiger partial charge in [-0.15, -0.1) is 0 Å². The van der Waals surface area contributed by atoms with Gasteiger partial charge in [-0.25, -0.2) is 4.79 Å². The highest BCUT2D eigenvalue weighted by molar-refractivity contribution is 5.95. The minimum atomic E-state index is -0.251. The normalized spacial score (nSPS) is 18.4. The van der Waals surface area contributed by atoms with E-state index in [2.05, 4.69) is 28.1 Å². The second-order valence-electron chi connectivity index (χ2n) is 7.81. The maximum Gasteiger partial charge on any atom is 0.323 e. The van der Waals surface area contributed by atoms with Gasteiger partial charge in [0.15, 0.2) is 0 Å². The molecule has 0 saturated carbocycles. The smallest absolute Gasteiger partial charge is 0.323 e. The molecular formula is C23H26N4O3. The van der Waals surface area contributed by atoms with Crippen LogP contribution in [0.15, 0.2) is 38.8 Å². The van der Waals surface area contributed by atoms with Crippen molar-refractivity contribution < 1.29 is 9.32 Å². The van der Waals surface area contributed by atoms with Crippen molar-refractivity contribution in [2.45, 2.75) is 47.0 Å². The zero-order chi connectivity index (χ0) is 21.6. The molecule has 0 aliphatic carbocycles. The number of aromatic amines is 2. The third kappa shape index (κ3) is 3.20. The molecule has 2 aromatic heterocycles. The Bertz CT molecular complexity index is 1250. The molecule has 0 atom stereocenters. The van der Waals surface area contributed by atoms with Gasteiger partial charge >= 0.3 is 5.69 Å². The van der Waals surface area contributed by atoms with Crippen LogP contribution in [0.2, 0.25) is 0 Å². The van der Waals surface area contributed by atoms with Crippen LogP contribution in [-0.4, -0.2) is 33.0 Å². The van der Waals surface area contributed by atoms with Gasteiger partial charge in [0.05, 0.1) is 16.7 Å². The number of hydrogen-bond donors (Lipinski definition) is 2. The summed E-state index contributed by atoms with van der Waals surface area (Å²) in [7, 11) is 1.82. The molecule has 156 valence electrons. The molecule has 4 rings (SSSR count). The van der Waals surface area contributed by atoms with Crippen LogP contribution in [0.1, 0.15) is 50.1 Å². The summed E-state index contributed by atoms with van der Waals surface area (Å²) in [5.74, 6) is 0.852. The van der Waals surface area contributed by atoms with Crippen LogP contribution in [0.3, 0.4) is 0 Å². The van der Waals surface area contributed by atoms with Crippen LogP contribution in [0.4, 0.5) is 0 Å². The van der Waals surface area contributed by atoms with Crippen molar-refractivity contribution in [3.8, 4) is 11.1 Å². The zero-order valence-corrected chi connectivity index (χ0v) is 18.0. The summed E-state index contributed by atoms with van der Waals surface area (Å²) in [6, 6.07) is 4.02. The monoisotopic (exact) mass is 406 g/mol. The average molecular weight is 406 g/mol. The molecule has 7 heteroatoms. The predicted octanol–water partition coefficient (Wildman–Crippen LogP) is 4.45. The Balaban J connectivity index is 2.01. The van der Waals surface area contributed by atoms with Gasteiger partial charge < -0.3 is 19.4 Å². The van der Waals surface area contributed by atoms with Gasteiger partial charge in [0.2, 0.25) is 5.91 Å². The predicted molar refractivity (Wildman–Crippen MR) is 117 cm³/mol. The van der Waals surface area contributed by atoms with Crippen LogP contribution >= 0.6 is 0 Å². The fourth-order valence-electron chi connectivity index (χ4n) is 4.44. The van der Waals surface area contributed by atoms with Crippen molar-refractivity contribution >= 4 is 22.5 Å². The van der Waals surface area contributed by atoms with E-state index in [1.807, 2.05) is 40.0 Å². The first kappa shape index (κ1) is 19.9.